The number of rotatable bonds is 11. The number of hydrogen-bond acceptors (Lipinski definition) is 2. The van der Waals surface area contributed by atoms with Crippen molar-refractivity contribution in [3.8, 4) is 72.8 Å². The number of nitriles is 1. The molecule has 2 nitrogen and oxygen atoms in total. The second-order valence-corrected chi connectivity index (χ2v) is 22.8. The van der Waals surface area contributed by atoms with Crippen LogP contribution in [0.25, 0.3) is 66.8 Å². The van der Waals surface area contributed by atoms with Gasteiger partial charge in [-0.05, 0) is 198 Å². The highest BCUT2D eigenvalue weighted by Crippen LogP contribution is 2.60. The predicted molar refractivity (Wildman–Crippen MR) is 352 cm³/mol. The molecule has 2 aliphatic rings. The average molecular weight is 1080 g/mol. The van der Waals surface area contributed by atoms with Crippen molar-refractivity contribution in [3.63, 3.8) is 0 Å². The molecular weight excluding hydrogens is 1020 g/mol. The molecule has 0 spiro atoms. The molecule has 85 heavy (non-hydrogen) atoms. The third kappa shape index (κ3) is 8.47. The maximum absolute atomic E-state index is 10.1. The minimum atomic E-state index is -0.674. The summed E-state index contributed by atoms with van der Waals surface area (Å²) in [4.78, 5) is 2.33. The van der Waals surface area contributed by atoms with Crippen LogP contribution in [0.5, 0.6) is 0 Å². The van der Waals surface area contributed by atoms with E-state index in [0.29, 0.717) is 5.56 Å². The molecule has 0 radical (unpaired) electrons. The predicted octanol–water partition coefficient (Wildman–Crippen LogP) is 21.0. The average Bonchev–Trinajstić information content (AvgIpc) is 1.77. The summed E-state index contributed by atoms with van der Waals surface area (Å²) in [5.74, 6) is 0. The van der Waals surface area contributed by atoms with Crippen LogP contribution >= 0.6 is 0 Å². The van der Waals surface area contributed by atoms with E-state index in [1.807, 2.05) is 12.1 Å². The van der Waals surface area contributed by atoms with Crippen molar-refractivity contribution >= 4 is 17.1 Å². The molecule has 0 saturated carbocycles. The molecule has 2 aliphatic carbocycles. The van der Waals surface area contributed by atoms with Crippen molar-refractivity contribution in [2.24, 2.45) is 0 Å². The molecule has 0 amide bonds. The van der Waals surface area contributed by atoms with Gasteiger partial charge in [-0.25, -0.2) is 0 Å². The normalized spacial score (nSPS) is 13.0. The number of benzene rings is 13. The summed E-state index contributed by atoms with van der Waals surface area (Å²) >= 11 is 0. The molecule has 15 rings (SSSR count). The molecule has 0 unspecified atom stereocenters. The zero-order valence-electron chi connectivity index (χ0n) is 47.4. The SMILES string of the molecule is Cc1ccc(C2(c3ccc(N(c4ccc(C#N)cc4)c4ccc(C5(c6ccc(C)cc6)c6cc(-c7ccccc7)ccc6-c6ccc(-c7ccccc7)cc65)cc4)cc3)c3cc(-c4ccccc4)ccc3-c3ccc(-c4ccccc4)cc32)cc1. The maximum atomic E-state index is 10.1. The Kier molecular flexibility index (Phi) is 12.5. The van der Waals surface area contributed by atoms with Crippen LogP contribution in [0.4, 0.5) is 17.1 Å². The van der Waals surface area contributed by atoms with Gasteiger partial charge in [-0.3, -0.25) is 0 Å². The van der Waals surface area contributed by atoms with Gasteiger partial charge >= 0.3 is 0 Å². The van der Waals surface area contributed by atoms with Gasteiger partial charge in [-0.2, -0.15) is 5.26 Å². The molecule has 0 bridgehead atoms. The van der Waals surface area contributed by atoms with Crippen LogP contribution in [-0.4, -0.2) is 0 Å². The Morgan fingerprint density at radius 3 is 0.765 bits per heavy atom. The molecule has 0 atom stereocenters. The molecule has 0 fully saturated rings. The topological polar surface area (TPSA) is 27.0 Å². The van der Waals surface area contributed by atoms with Gasteiger partial charge in [0.25, 0.3) is 0 Å². The van der Waals surface area contributed by atoms with E-state index in [0.717, 1.165) is 17.1 Å². The molecular formula is C83H58N2. The molecule has 0 aliphatic heterocycles. The molecule has 13 aromatic carbocycles. The minimum Gasteiger partial charge on any atom is -0.311 e. The van der Waals surface area contributed by atoms with Crippen molar-refractivity contribution in [2.45, 2.75) is 24.7 Å². The quantitative estimate of drug-likeness (QED) is 0.129. The second-order valence-electron chi connectivity index (χ2n) is 22.8. The summed E-state index contributed by atoms with van der Waals surface area (Å²) in [6.07, 6.45) is 0. The Labute approximate surface area is 498 Å². The van der Waals surface area contributed by atoms with E-state index in [4.69, 9.17) is 0 Å². The summed E-state index contributed by atoms with van der Waals surface area (Å²) < 4.78 is 0. The number of nitrogens with zero attached hydrogens (tertiary/aromatic N) is 2. The number of aryl methyl sites for hydroxylation is 2. The number of hydrogen-bond donors (Lipinski definition) is 0. The molecule has 13 aromatic rings. The fourth-order valence-electron chi connectivity index (χ4n) is 13.9. The van der Waals surface area contributed by atoms with Gasteiger partial charge < -0.3 is 4.90 Å². The maximum Gasteiger partial charge on any atom is 0.0991 e. The Bertz CT molecular complexity index is 4200. The van der Waals surface area contributed by atoms with Gasteiger partial charge in [0, 0.05) is 17.1 Å². The van der Waals surface area contributed by atoms with Gasteiger partial charge in [-0.1, -0.05) is 254 Å². The van der Waals surface area contributed by atoms with Crippen LogP contribution in [0.3, 0.4) is 0 Å². The number of anilines is 3. The molecule has 0 aromatic heterocycles. The lowest BCUT2D eigenvalue weighted by atomic mass is 9.67. The van der Waals surface area contributed by atoms with Gasteiger partial charge in [0.05, 0.1) is 22.5 Å². The Hall–Kier alpha value is -10.9. The first-order chi connectivity index (χ1) is 41.9. The molecule has 2 heteroatoms. The van der Waals surface area contributed by atoms with Gasteiger partial charge in [0.1, 0.15) is 0 Å². The molecule has 0 heterocycles. The lowest BCUT2D eigenvalue weighted by Gasteiger charge is -2.36. The minimum absolute atomic E-state index is 0.612. The lowest BCUT2D eigenvalue weighted by molar-refractivity contribution is 0.768. The first-order valence-electron chi connectivity index (χ1n) is 29.3. The van der Waals surface area contributed by atoms with Crippen molar-refractivity contribution < 1.29 is 0 Å². The van der Waals surface area contributed by atoms with Crippen molar-refractivity contribution in [2.75, 3.05) is 4.90 Å². The van der Waals surface area contributed by atoms with E-state index in [-0.39, 0.29) is 0 Å². The first kappa shape index (κ1) is 51.1. The van der Waals surface area contributed by atoms with Gasteiger partial charge in [0.2, 0.25) is 0 Å². The van der Waals surface area contributed by atoms with E-state index in [2.05, 4.69) is 328 Å². The van der Waals surface area contributed by atoms with E-state index in [1.165, 1.54) is 122 Å². The van der Waals surface area contributed by atoms with Gasteiger partial charge in [-0.15, -0.1) is 0 Å². The monoisotopic (exact) mass is 1080 g/mol. The van der Waals surface area contributed by atoms with E-state index in [9.17, 15) is 5.26 Å². The fourth-order valence-corrected chi connectivity index (χ4v) is 13.9. The highest BCUT2D eigenvalue weighted by Gasteiger charge is 2.48. The third-order valence-electron chi connectivity index (χ3n) is 18.0. The highest BCUT2D eigenvalue weighted by molar-refractivity contribution is 5.93. The lowest BCUT2D eigenvalue weighted by Crippen LogP contribution is -2.29. The largest absolute Gasteiger partial charge is 0.311 e. The molecule has 0 saturated heterocycles. The Balaban J connectivity index is 0.923. The third-order valence-corrected chi connectivity index (χ3v) is 18.0. The van der Waals surface area contributed by atoms with Crippen LogP contribution in [0.15, 0.2) is 315 Å². The summed E-state index contributed by atoms with van der Waals surface area (Å²) in [5, 5.41) is 10.1. The Morgan fingerprint density at radius 1 is 0.259 bits per heavy atom. The zero-order valence-corrected chi connectivity index (χ0v) is 47.4. The summed E-state index contributed by atoms with van der Waals surface area (Å²) in [6, 6.07) is 119. The van der Waals surface area contributed by atoms with E-state index >= 15 is 0 Å². The van der Waals surface area contributed by atoms with E-state index < -0.39 is 10.8 Å². The van der Waals surface area contributed by atoms with Crippen LogP contribution in [0.2, 0.25) is 0 Å². The van der Waals surface area contributed by atoms with Crippen molar-refractivity contribution in [1.29, 1.82) is 5.26 Å². The second kappa shape index (κ2) is 20.8. The van der Waals surface area contributed by atoms with Crippen LogP contribution in [0.1, 0.15) is 61.2 Å². The highest BCUT2D eigenvalue weighted by atomic mass is 15.1. The Morgan fingerprint density at radius 2 is 0.506 bits per heavy atom. The van der Waals surface area contributed by atoms with Crippen molar-refractivity contribution in [3.05, 3.63) is 377 Å². The summed E-state index contributed by atoms with van der Waals surface area (Å²) in [7, 11) is 0. The summed E-state index contributed by atoms with van der Waals surface area (Å²) in [5.41, 5.74) is 28.9. The first-order valence-corrected chi connectivity index (χ1v) is 29.3. The standard InChI is InChI=1S/C83H58N2/c1-56-23-33-67(34-24-56)82(78-51-63(59-15-7-3-8-16-59)29-47-74(78)75-48-30-64(52-79(75)82)60-17-9-4-10-18-60)69-37-43-72(44-38-69)85(71-41-27-58(55-84)28-42-71)73-45-39-70(40-46-73)83(68-35-25-57(2)26-36-68)80-53-65(61-19-11-5-12-20-61)31-49-76(80)77-50-32-66(54-81(77)83)62-21-13-6-14-22-62/h3-54H,1-2H3. The van der Waals surface area contributed by atoms with Crippen molar-refractivity contribution in [1.82, 2.24) is 0 Å². The molecule has 400 valence electrons. The van der Waals surface area contributed by atoms with Crippen LogP contribution < -0.4 is 4.90 Å². The fraction of sp³-hybridized carbons (Fsp3) is 0.0482. The molecule has 0 N–H and O–H groups in total. The van der Waals surface area contributed by atoms with Crippen LogP contribution in [-0.2, 0) is 10.8 Å². The van der Waals surface area contributed by atoms with E-state index in [1.54, 1.807) is 0 Å². The zero-order chi connectivity index (χ0) is 57.1. The smallest absolute Gasteiger partial charge is 0.0991 e. The summed E-state index contributed by atoms with van der Waals surface area (Å²) in [6.45, 7) is 4.34. The van der Waals surface area contributed by atoms with Crippen LogP contribution in [0, 0.1) is 25.2 Å². The number of fused-ring (bicyclic) bond motifs is 6. The van der Waals surface area contributed by atoms with Gasteiger partial charge in [0.15, 0.2) is 0 Å².